The third-order valence-corrected chi connectivity index (χ3v) is 3.94. The van der Waals surface area contributed by atoms with Crippen LogP contribution in [-0.4, -0.2) is 48.3 Å². The summed E-state index contributed by atoms with van der Waals surface area (Å²) in [6, 6.07) is 1.91. The Morgan fingerprint density at radius 2 is 2.53 bits per heavy atom. The fourth-order valence-corrected chi connectivity index (χ4v) is 2.81. The minimum atomic E-state index is -0.970. The van der Waals surface area contributed by atoms with Crippen LogP contribution in [-0.2, 0) is 10.3 Å². The van der Waals surface area contributed by atoms with Crippen LogP contribution in [0.15, 0.2) is 21.8 Å². The number of aliphatic hydroxyl groups is 1. The summed E-state index contributed by atoms with van der Waals surface area (Å²) >= 11 is 1.56. The number of rotatable bonds is 3. The van der Waals surface area contributed by atoms with Gasteiger partial charge in [-0.25, -0.2) is 4.99 Å². The van der Waals surface area contributed by atoms with Crippen molar-refractivity contribution in [3.8, 4) is 0 Å². The molecule has 2 atom stereocenters. The van der Waals surface area contributed by atoms with Crippen LogP contribution in [0, 0.1) is 0 Å². The van der Waals surface area contributed by atoms with E-state index in [1.54, 1.807) is 18.3 Å². The van der Waals surface area contributed by atoms with Crippen LogP contribution >= 0.6 is 11.3 Å². The Morgan fingerprint density at radius 3 is 3.16 bits per heavy atom. The maximum Gasteiger partial charge on any atom is 0.191 e. The van der Waals surface area contributed by atoms with Crippen LogP contribution in [0.25, 0.3) is 0 Å². The third-order valence-electron chi connectivity index (χ3n) is 3.26. The zero-order chi connectivity index (χ0) is 13.9. The molecule has 2 heterocycles. The molecule has 1 fully saturated rings. The lowest BCUT2D eigenvalue weighted by Gasteiger charge is -2.32. The van der Waals surface area contributed by atoms with Crippen molar-refractivity contribution in [1.29, 1.82) is 0 Å². The fraction of sp³-hybridized carbons (Fsp3) is 0.615. The smallest absolute Gasteiger partial charge is 0.191 e. The minimum absolute atomic E-state index is 0.167. The molecule has 2 rings (SSSR count). The molecule has 0 amide bonds. The average Bonchev–Trinajstić information content (AvgIpc) is 2.90. The molecule has 0 radical (unpaired) electrons. The van der Waals surface area contributed by atoms with Gasteiger partial charge in [0, 0.05) is 13.1 Å². The molecule has 3 N–H and O–H groups in total. The van der Waals surface area contributed by atoms with Gasteiger partial charge in [0.1, 0.15) is 5.60 Å². The van der Waals surface area contributed by atoms with E-state index in [2.05, 4.69) is 4.99 Å². The molecule has 0 aromatic carbocycles. The summed E-state index contributed by atoms with van der Waals surface area (Å²) in [7, 11) is 0. The first kappa shape index (κ1) is 14.3. The van der Waals surface area contributed by atoms with Gasteiger partial charge in [0.25, 0.3) is 0 Å². The molecule has 1 aliphatic rings. The minimum Gasteiger partial charge on any atom is -0.383 e. The van der Waals surface area contributed by atoms with Gasteiger partial charge in [0.05, 0.1) is 19.3 Å². The predicted molar refractivity (Wildman–Crippen MR) is 77.4 cm³/mol. The molecule has 0 spiro atoms. The number of thiophene rings is 1. The van der Waals surface area contributed by atoms with Gasteiger partial charge in [-0.05, 0) is 36.2 Å². The lowest BCUT2D eigenvalue weighted by atomic mass is 10.00. The number of ether oxygens (including phenoxy) is 1. The molecule has 5 nitrogen and oxygen atoms in total. The van der Waals surface area contributed by atoms with Crippen molar-refractivity contribution in [3.05, 3.63) is 22.4 Å². The number of guanidine groups is 1. The molecular weight excluding hydrogens is 262 g/mol. The van der Waals surface area contributed by atoms with E-state index < -0.39 is 5.60 Å². The van der Waals surface area contributed by atoms with Gasteiger partial charge in [0.2, 0.25) is 0 Å². The highest BCUT2D eigenvalue weighted by Crippen LogP contribution is 2.23. The van der Waals surface area contributed by atoms with Crippen LogP contribution < -0.4 is 5.73 Å². The topological polar surface area (TPSA) is 71.1 Å². The number of nitrogens with zero attached hydrogens (tertiary/aromatic N) is 2. The second-order valence-corrected chi connectivity index (χ2v) is 5.87. The normalized spacial score (nSPS) is 24.3. The number of hydrogen-bond acceptors (Lipinski definition) is 4. The number of aliphatic imine (C=N–C) groups is 1. The van der Waals surface area contributed by atoms with Crippen molar-refractivity contribution in [2.45, 2.75) is 25.6 Å². The number of morpholine rings is 1. The summed E-state index contributed by atoms with van der Waals surface area (Å²) in [5.74, 6) is 0.477. The van der Waals surface area contributed by atoms with Crippen molar-refractivity contribution >= 4 is 17.3 Å². The Morgan fingerprint density at radius 1 is 1.74 bits per heavy atom. The second-order valence-electron chi connectivity index (χ2n) is 5.09. The number of nitrogens with two attached hydrogens (primary N) is 1. The lowest BCUT2D eigenvalue weighted by molar-refractivity contribution is 0.00498. The summed E-state index contributed by atoms with van der Waals surface area (Å²) in [5.41, 5.74) is 5.89. The van der Waals surface area contributed by atoms with E-state index in [1.165, 1.54) is 0 Å². The molecular formula is C13H21N3O2S. The van der Waals surface area contributed by atoms with E-state index in [0.29, 0.717) is 12.6 Å². The first-order valence-corrected chi connectivity index (χ1v) is 7.35. The predicted octanol–water partition coefficient (Wildman–Crippen LogP) is 0.991. The Bertz CT molecular complexity index is 431. The summed E-state index contributed by atoms with van der Waals surface area (Å²) < 4.78 is 5.46. The summed E-state index contributed by atoms with van der Waals surface area (Å²) in [6.07, 6.45) is 0.167. The lowest BCUT2D eigenvalue weighted by Crippen LogP contribution is -2.48. The molecule has 0 bridgehead atoms. The molecule has 1 aromatic heterocycles. The molecule has 106 valence electrons. The van der Waals surface area contributed by atoms with E-state index in [9.17, 15) is 5.11 Å². The summed E-state index contributed by atoms with van der Waals surface area (Å²) in [6.45, 7) is 6.20. The Kier molecular flexibility index (Phi) is 4.44. The highest BCUT2D eigenvalue weighted by atomic mass is 32.1. The van der Waals surface area contributed by atoms with Crippen molar-refractivity contribution in [3.63, 3.8) is 0 Å². The third kappa shape index (κ3) is 3.68. The van der Waals surface area contributed by atoms with Crippen LogP contribution in [0.1, 0.15) is 19.4 Å². The van der Waals surface area contributed by atoms with E-state index >= 15 is 0 Å². The highest BCUT2D eigenvalue weighted by Gasteiger charge is 2.24. The van der Waals surface area contributed by atoms with Gasteiger partial charge in [-0.1, -0.05) is 0 Å². The number of hydrogen-bond donors (Lipinski definition) is 2. The largest absolute Gasteiger partial charge is 0.383 e. The fourth-order valence-electron chi connectivity index (χ4n) is 2.02. The molecule has 1 saturated heterocycles. The zero-order valence-corrected chi connectivity index (χ0v) is 12.2. The monoisotopic (exact) mass is 283 g/mol. The molecule has 6 heteroatoms. The summed E-state index contributed by atoms with van der Waals surface area (Å²) in [5, 5.41) is 14.3. The second kappa shape index (κ2) is 5.90. The van der Waals surface area contributed by atoms with Crippen molar-refractivity contribution in [2.75, 3.05) is 26.2 Å². The average molecular weight is 283 g/mol. The molecule has 1 aromatic rings. The van der Waals surface area contributed by atoms with Gasteiger partial charge >= 0.3 is 0 Å². The summed E-state index contributed by atoms with van der Waals surface area (Å²) in [4.78, 5) is 6.33. The Labute approximate surface area is 117 Å². The van der Waals surface area contributed by atoms with Crippen LogP contribution in [0.3, 0.4) is 0 Å². The van der Waals surface area contributed by atoms with Gasteiger partial charge < -0.3 is 20.5 Å². The van der Waals surface area contributed by atoms with Crippen LogP contribution in [0.4, 0.5) is 0 Å². The maximum absolute atomic E-state index is 10.4. The first-order chi connectivity index (χ1) is 8.99. The van der Waals surface area contributed by atoms with Crippen molar-refractivity contribution < 1.29 is 9.84 Å². The molecule has 2 unspecified atom stereocenters. The molecule has 19 heavy (non-hydrogen) atoms. The van der Waals surface area contributed by atoms with E-state index in [-0.39, 0.29) is 12.6 Å². The molecule has 1 aliphatic heterocycles. The Hall–Kier alpha value is -1.11. The zero-order valence-electron chi connectivity index (χ0n) is 11.4. The van der Waals surface area contributed by atoms with Gasteiger partial charge in [0.15, 0.2) is 5.96 Å². The standard InChI is InChI=1S/C13H21N3O2S/c1-10-7-16(4-5-18-10)12(14)15-9-13(2,17)11-3-6-19-8-11/h3,6,8,10,17H,4-5,7,9H2,1-2H3,(H2,14,15). The molecule has 0 saturated carbocycles. The maximum atomic E-state index is 10.4. The van der Waals surface area contributed by atoms with Crippen molar-refractivity contribution in [1.82, 2.24) is 4.90 Å². The SMILES string of the molecule is CC1CN(C(N)=NCC(C)(O)c2ccsc2)CCO1. The van der Waals surface area contributed by atoms with Gasteiger partial charge in [-0.2, -0.15) is 11.3 Å². The van der Waals surface area contributed by atoms with E-state index in [4.69, 9.17) is 10.5 Å². The van der Waals surface area contributed by atoms with Crippen LogP contribution in [0.2, 0.25) is 0 Å². The van der Waals surface area contributed by atoms with Crippen LogP contribution in [0.5, 0.6) is 0 Å². The van der Waals surface area contributed by atoms with E-state index in [0.717, 1.165) is 18.7 Å². The van der Waals surface area contributed by atoms with Gasteiger partial charge in [-0.3, -0.25) is 0 Å². The Balaban J connectivity index is 1.97. The van der Waals surface area contributed by atoms with E-state index in [1.807, 2.05) is 28.7 Å². The van der Waals surface area contributed by atoms with Gasteiger partial charge in [-0.15, -0.1) is 0 Å². The molecule has 0 aliphatic carbocycles. The highest BCUT2D eigenvalue weighted by molar-refractivity contribution is 7.08. The first-order valence-electron chi connectivity index (χ1n) is 6.40. The van der Waals surface area contributed by atoms with Crippen molar-refractivity contribution in [2.24, 2.45) is 10.7 Å². The quantitative estimate of drug-likeness (QED) is 0.641.